The molecule has 3 aliphatic heterocycles. The molecule has 1 aromatic heterocycles. The SMILES string of the molecule is Cc1c(C(=O)N(C2=CN(F)C=CN2)c2ccc(O)cc2)cc(-c2cc(Cl)ccc2C(=O)N2Cc3ccccc3C[C@H]2CN2CCOCC2)n1C. The lowest BCUT2D eigenvalue weighted by molar-refractivity contribution is 0.0193. The maximum atomic E-state index is 14.7. The Labute approximate surface area is 295 Å². The quantitative estimate of drug-likeness (QED) is 0.230. The Bertz CT molecular complexity index is 1990. The van der Waals surface area contributed by atoms with Crippen LogP contribution >= 0.6 is 11.6 Å². The largest absolute Gasteiger partial charge is 0.508 e. The number of fused-ring (bicyclic) bond motifs is 1. The van der Waals surface area contributed by atoms with Crippen molar-refractivity contribution in [2.75, 3.05) is 37.7 Å². The van der Waals surface area contributed by atoms with Crippen LogP contribution in [0.2, 0.25) is 5.02 Å². The fourth-order valence-electron chi connectivity index (χ4n) is 6.92. The molecule has 0 radical (unpaired) electrons. The Kier molecular flexibility index (Phi) is 9.37. The predicted octanol–water partition coefficient (Wildman–Crippen LogP) is 5.97. The molecule has 0 bridgehead atoms. The first-order valence-electron chi connectivity index (χ1n) is 16.5. The lowest BCUT2D eigenvalue weighted by atomic mass is 9.92. The normalized spacial score (nSPS) is 17.6. The molecule has 50 heavy (non-hydrogen) atoms. The molecule has 10 nitrogen and oxygen atoms in total. The molecule has 0 aliphatic carbocycles. The second kappa shape index (κ2) is 14.0. The molecule has 7 rings (SSSR count). The zero-order chi connectivity index (χ0) is 34.9. The van der Waals surface area contributed by atoms with E-state index in [4.69, 9.17) is 16.3 Å². The molecule has 12 heteroatoms. The van der Waals surface area contributed by atoms with E-state index in [0.29, 0.717) is 63.7 Å². The third-order valence-electron chi connectivity index (χ3n) is 9.69. The predicted molar refractivity (Wildman–Crippen MR) is 190 cm³/mol. The molecule has 4 heterocycles. The van der Waals surface area contributed by atoms with Crippen LogP contribution in [0, 0.1) is 6.92 Å². The Morgan fingerprint density at radius 3 is 2.50 bits per heavy atom. The fraction of sp³-hybridized carbons (Fsp3) is 0.263. The number of ether oxygens (including phenoxy) is 1. The van der Waals surface area contributed by atoms with E-state index in [0.717, 1.165) is 37.8 Å². The molecular formula is C38H38ClFN6O4. The van der Waals surface area contributed by atoms with Crippen LogP contribution in [0.1, 0.15) is 37.5 Å². The van der Waals surface area contributed by atoms with Gasteiger partial charge in [0.2, 0.25) is 0 Å². The van der Waals surface area contributed by atoms with Gasteiger partial charge in [-0.05, 0) is 73.0 Å². The summed E-state index contributed by atoms with van der Waals surface area (Å²) >= 11 is 6.59. The van der Waals surface area contributed by atoms with Gasteiger partial charge in [-0.15, -0.1) is 0 Å². The van der Waals surface area contributed by atoms with E-state index < -0.39 is 5.91 Å². The van der Waals surface area contributed by atoms with Crippen molar-refractivity contribution in [3.63, 3.8) is 0 Å². The summed E-state index contributed by atoms with van der Waals surface area (Å²) in [4.78, 5) is 34.8. The Morgan fingerprint density at radius 2 is 1.76 bits per heavy atom. The van der Waals surface area contributed by atoms with Crippen molar-refractivity contribution in [1.29, 1.82) is 0 Å². The van der Waals surface area contributed by atoms with E-state index in [9.17, 15) is 19.2 Å². The summed E-state index contributed by atoms with van der Waals surface area (Å²) in [6, 6.07) is 21.3. The number of nitrogens with one attached hydrogen (secondary N) is 1. The third kappa shape index (κ3) is 6.59. The maximum Gasteiger partial charge on any atom is 0.265 e. The van der Waals surface area contributed by atoms with Crippen molar-refractivity contribution in [3.8, 4) is 17.0 Å². The molecule has 2 amide bonds. The number of morpholine rings is 1. The van der Waals surface area contributed by atoms with Crippen LogP contribution in [0.5, 0.6) is 5.75 Å². The van der Waals surface area contributed by atoms with E-state index in [2.05, 4.69) is 22.3 Å². The number of hydrogen-bond acceptors (Lipinski definition) is 7. The lowest BCUT2D eigenvalue weighted by Gasteiger charge is -2.40. The number of nitrogens with zero attached hydrogens (tertiary/aromatic N) is 5. The Morgan fingerprint density at radius 1 is 1.02 bits per heavy atom. The van der Waals surface area contributed by atoms with Crippen molar-refractivity contribution in [1.82, 2.24) is 24.8 Å². The molecule has 1 fully saturated rings. The molecule has 4 aromatic rings. The van der Waals surface area contributed by atoms with E-state index in [1.165, 1.54) is 35.0 Å². The maximum absolute atomic E-state index is 14.7. The number of aromatic hydroxyl groups is 1. The summed E-state index contributed by atoms with van der Waals surface area (Å²) in [5.74, 6) is -0.357. The van der Waals surface area contributed by atoms with Gasteiger partial charge in [0.1, 0.15) is 11.6 Å². The van der Waals surface area contributed by atoms with E-state index >= 15 is 0 Å². The monoisotopic (exact) mass is 696 g/mol. The first-order chi connectivity index (χ1) is 24.2. The number of carbonyl (C=O) groups is 2. The van der Waals surface area contributed by atoms with Gasteiger partial charge < -0.3 is 24.6 Å². The van der Waals surface area contributed by atoms with Crippen molar-refractivity contribution >= 4 is 29.1 Å². The summed E-state index contributed by atoms with van der Waals surface area (Å²) < 4.78 is 21.8. The van der Waals surface area contributed by atoms with Crippen molar-refractivity contribution in [2.45, 2.75) is 25.9 Å². The summed E-state index contributed by atoms with van der Waals surface area (Å²) in [6.45, 7) is 6.02. The minimum absolute atomic E-state index is 0.0273. The van der Waals surface area contributed by atoms with Crippen LogP contribution in [-0.2, 0) is 24.8 Å². The van der Waals surface area contributed by atoms with E-state index in [-0.39, 0.29) is 23.5 Å². The highest BCUT2D eigenvalue weighted by Gasteiger charge is 2.34. The average Bonchev–Trinajstić information content (AvgIpc) is 3.42. The number of halogens is 2. The minimum Gasteiger partial charge on any atom is -0.508 e. The van der Waals surface area contributed by atoms with Gasteiger partial charge in [0.05, 0.1) is 36.9 Å². The van der Waals surface area contributed by atoms with Gasteiger partial charge in [0.15, 0.2) is 0 Å². The average molecular weight is 697 g/mol. The van der Waals surface area contributed by atoms with Crippen LogP contribution < -0.4 is 10.2 Å². The number of benzene rings is 3. The standard InChI is InChI=1S/C38H38ClFN6O4/c1-25-33(38(49)46(29-8-10-31(47)11-9-29)36-24-44(40)14-13-41-36)21-35(42(25)2)34-20-28(39)7-12-32(34)37(48)45-22-27-6-4-3-5-26(27)19-30(45)23-43-15-17-50-18-16-43/h3-14,20-21,24,30,41,47H,15-19,22-23H2,1-2H3/t30-/m0/s1. The van der Waals surface area contributed by atoms with E-state index in [1.54, 1.807) is 36.4 Å². The highest BCUT2D eigenvalue weighted by molar-refractivity contribution is 6.31. The zero-order valence-corrected chi connectivity index (χ0v) is 28.6. The molecule has 2 N–H and O–H groups in total. The molecule has 3 aromatic carbocycles. The summed E-state index contributed by atoms with van der Waals surface area (Å²) in [5.41, 5.74) is 5.46. The number of anilines is 1. The molecule has 1 saturated heterocycles. The van der Waals surface area contributed by atoms with Gasteiger partial charge in [0.25, 0.3) is 11.8 Å². The lowest BCUT2D eigenvalue weighted by Crippen LogP contribution is -2.52. The second-order valence-corrected chi connectivity index (χ2v) is 13.2. The van der Waals surface area contributed by atoms with E-state index in [1.807, 2.05) is 35.6 Å². The fourth-order valence-corrected chi connectivity index (χ4v) is 7.09. The molecule has 3 aliphatic rings. The molecular weight excluding hydrogens is 659 g/mol. The second-order valence-electron chi connectivity index (χ2n) is 12.7. The van der Waals surface area contributed by atoms with Crippen LogP contribution in [0.25, 0.3) is 11.3 Å². The number of aromatic nitrogens is 1. The Balaban J connectivity index is 1.27. The van der Waals surface area contributed by atoms with Gasteiger partial charge >= 0.3 is 0 Å². The molecule has 1 atom stereocenters. The zero-order valence-electron chi connectivity index (χ0n) is 27.9. The number of rotatable bonds is 7. The highest BCUT2D eigenvalue weighted by atomic mass is 35.5. The minimum atomic E-state index is -0.439. The third-order valence-corrected chi connectivity index (χ3v) is 9.92. The van der Waals surface area contributed by atoms with Gasteiger partial charge in [-0.3, -0.25) is 19.4 Å². The number of phenolic OH excluding ortho intramolecular Hbond substituents is 1. The van der Waals surface area contributed by atoms with Gasteiger partial charge in [0, 0.05) is 73.0 Å². The summed E-state index contributed by atoms with van der Waals surface area (Å²) in [5, 5.41) is 13.7. The van der Waals surface area contributed by atoms with Gasteiger partial charge in [-0.1, -0.05) is 40.3 Å². The number of phenols is 1. The highest BCUT2D eigenvalue weighted by Crippen LogP contribution is 2.35. The Hall–Kier alpha value is -5.10. The first-order valence-corrected chi connectivity index (χ1v) is 16.9. The van der Waals surface area contributed by atoms with Crippen LogP contribution in [0.3, 0.4) is 0 Å². The summed E-state index contributed by atoms with van der Waals surface area (Å²) in [6.07, 6.45) is 4.46. The number of hydrogen-bond donors (Lipinski definition) is 2. The van der Waals surface area contributed by atoms with Crippen molar-refractivity contribution in [3.05, 3.63) is 130 Å². The molecule has 0 saturated carbocycles. The van der Waals surface area contributed by atoms with Gasteiger partial charge in [-0.2, -0.15) is 5.12 Å². The molecule has 258 valence electrons. The number of carbonyl (C=O) groups excluding carboxylic acids is 2. The van der Waals surface area contributed by atoms with Crippen LogP contribution in [0.15, 0.2) is 97.2 Å². The van der Waals surface area contributed by atoms with Crippen LogP contribution in [0.4, 0.5) is 10.2 Å². The van der Waals surface area contributed by atoms with Crippen molar-refractivity contribution in [2.24, 2.45) is 7.05 Å². The van der Waals surface area contributed by atoms with Crippen LogP contribution in [-0.4, -0.2) is 75.3 Å². The molecule has 0 unspecified atom stereocenters. The smallest absolute Gasteiger partial charge is 0.265 e. The van der Waals surface area contributed by atoms with Crippen molar-refractivity contribution < 1.29 is 23.9 Å². The molecule has 0 spiro atoms. The topological polar surface area (TPSA) is 93.5 Å². The first kappa shape index (κ1) is 33.4. The number of amides is 2. The van der Waals surface area contributed by atoms with Gasteiger partial charge in [-0.25, -0.2) is 0 Å². The summed E-state index contributed by atoms with van der Waals surface area (Å²) in [7, 11) is 1.84.